The third-order valence-corrected chi connectivity index (χ3v) is 4.52. The van der Waals surface area contributed by atoms with Gasteiger partial charge in [0.2, 0.25) is 0 Å². The van der Waals surface area contributed by atoms with Crippen LogP contribution in [0.2, 0.25) is 0 Å². The molecule has 140 valence electrons. The molecule has 3 rings (SSSR count). The van der Waals surface area contributed by atoms with Gasteiger partial charge < -0.3 is 19.7 Å². The van der Waals surface area contributed by atoms with Crippen LogP contribution in [0.15, 0.2) is 42.5 Å². The van der Waals surface area contributed by atoms with Crippen molar-refractivity contribution in [3.63, 3.8) is 0 Å². The highest BCUT2D eigenvalue weighted by Gasteiger charge is 2.29. The zero-order valence-corrected chi connectivity index (χ0v) is 16.3. The summed E-state index contributed by atoms with van der Waals surface area (Å²) in [7, 11) is 4.10. The molecule has 2 aromatic rings. The van der Waals surface area contributed by atoms with E-state index in [1.54, 1.807) is 0 Å². The number of rotatable bonds is 8. The lowest BCUT2D eigenvalue weighted by Gasteiger charge is -2.16. The second-order valence-electron chi connectivity index (χ2n) is 7.88. The molecule has 0 saturated heterocycles. The van der Waals surface area contributed by atoms with Crippen molar-refractivity contribution in [2.75, 3.05) is 27.2 Å². The van der Waals surface area contributed by atoms with Crippen LogP contribution in [0.25, 0.3) is 0 Å². The maximum Gasteiger partial charge on any atom is 0.123 e. The van der Waals surface area contributed by atoms with Crippen molar-refractivity contribution in [3.8, 4) is 11.5 Å². The quantitative estimate of drug-likeness (QED) is 0.785. The topological polar surface area (TPSA) is 33.7 Å². The molecule has 0 unspecified atom stereocenters. The summed E-state index contributed by atoms with van der Waals surface area (Å²) < 4.78 is 11.7. The lowest BCUT2D eigenvalue weighted by Crippen LogP contribution is -2.24. The summed E-state index contributed by atoms with van der Waals surface area (Å²) in [6.45, 7) is 7.61. The zero-order chi connectivity index (χ0) is 18.6. The number of benzene rings is 2. The van der Waals surface area contributed by atoms with Crippen molar-refractivity contribution in [1.29, 1.82) is 0 Å². The molecule has 1 heterocycles. The Labute approximate surface area is 157 Å². The van der Waals surface area contributed by atoms with Crippen LogP contribution in [0.3, 0.4) is 0 Å². The van der Waals surface area contributed by atoms with Crippen LogP contribution in [0, 0.1) is 0 Å². The molecule has 0 fully saturated rings. The summed E-state index contributed by atoms with van der Waals surface area (Å²) in [6, 6.07) is 14.8. The van der Waals surface area contributed by atoms with Crippen LogP contribution in [0.4, 0.5) is 0 Å². The highest BCUT2D eigenvalue weighted by atomic mass is 16.5. The van der Waals surface area contributed by atoms with Crippen molar-refractivity contribution in [2.24, 2.45) is 0 Å². The van der Waals surface area contributed by atoms with Crippen molar-refractivity contribution in [2.45, 2.75) is 39.0 Å². The molecule has 26 heavy (non-hydrogen) atoms. The number of ether oxygens (including phenoxy) is 2. The lowest BCUT2D eigenvalue weighted by atomic mass is 10.0. The van der Waals surface area contributed by atoms with E-state index in [0.29, 0.717) is 6.61 Å². The van der Waals surface area contributed by atoms with Gasteiger partial charge in [-0.3, -0.25) is 0 Å². The Morgan fingerprint density at radius 3 is 2.46 bits per heavy atom. The number of likely N-dealkylation sites (N-methyl/N-ethyl adjacent to an activating group) is 1. The Morgan fingerprint density at radius 2 is 1.73 bits per heavy atom. The van der Waals surface area contributed by atoms with E-state index in [-0.39, 0.29) is 5.60 Å². The maximum absolute atomic E-state index is 5.94. The predicted molar refractivity (Wildman–Crippen MR) is 106 cm³/mol. The molecule has 1 aliphatic rings. The molecule has 0 aromatic heterocycles. The summed E-state index contributed by atoms with van der Waals surface area (Å²) in [6.07, 6.45) is 0.978. The molecule has 4 nitrogen and oxygen atoms in total. The van der Waals surface area contributed by atoms with Gasteiger partial charge in [-0.15, -0.1) is 0 Å². The number of hydrogen-bond acceptors (Lipinski definition) is 4. The Morgan fingerprint density at radius 1 is 1.04 bits per heavy atom. The van der Waals surface area contributed by atoms with Crippen LogP contribution in [-0.4, -0.2) is 37.7 Å². The van der Waals surface area contributed by atoms with Crippen molar-refractivity contribution in [1.82, 2.24) is 10.2 Å². The van der Waals surface area contributed by atoms with Gasteiger partial charge in [0.25, 0.3) is 0 Å². The molecule has 0 saturated carbocycles. The summed E-state index contributed by atoms with van der Waals surface area (Å²) in [4.78, 5) is 2.12. The molecule has 0 amide bonds. The normalized spacial score (nSPS) is 15.0. The van der Waals surface area contributed by atoms with E-state index in [0.717, 1.165) is 37.6 Å². The monoisotopic (exact) mass is 354 g/mol. The van der Waals surface area contributed by atoms with Gasteiger partial charge in [-0.1, -0.05) is 24.3 Å². The molecule has 0 spiro atoms. The SMILES string of the molecule is CN(C)CCOc1ccc(CNCc2ccc3c(c2)CC(C)(C)O3)cc1. The van der Waals surface area contributed by atoms with E-state index in [1.165, 1.54) is 16.7 Å². The standard InChI is InChI=1S/C22H30N2O2/c1-22(2)14-19-13-18(7-10-21(19)26-22)16-23-15-17-5-8-20(9-6-17)25-12-11-24(3)4/h5-10,13,23H,11-12,14-16H2,1-4H3. The minimum atomic E-state index is -0.0786. The van der Waals surface area contributed by atoms with Crippen LogP contribution < -0.4 is 14.8 Å². The first kappa shape index (κ1) is 18.7. The number of fused-ring (bicyclic) bond motifs is 1. The van der Waals surface area contributed by atoms with Crippen molar-refractivity contribution in [3.05, 3.63) is 59.2 Å². The van der Waals surface area contributed by atoms with E-state index in [4.69, 9.17) is 9.47 Å². The minimum Gasteiger partial charge on any atom is -0.492 e. The second kappa shape index (κ2) is 8.11. The first-order chi connectivity index (χ1) is 12.4. The van der Waals surface area contributed by atoms with E-state index >= 15 is 0 Å². The molecule has 0 radical (unpaired) electrons. The summed E-state index contributed by atoms with van der Waals surface area (Å²) in [5, 5.41) is 3.52. The third kappa shape index (κ3) is 5.23. The Balaban J connectivity index is 1.45. The van der Waals surface area contributed by atoms with Gasteiger partial charge in [0, 0.05) is 26.1 Å². The molecule has 1 aliphatic heterocycles. The molecular formula is C22H30N2O2. The van der Waals surface area contributed by atoms with E-state index in [1.807, 2.05) is 26.2 Å². The van der Waals surface area contributed by atoms with Gasteiger partial charge in [-0.2, -0.15) is 0 Å². The fourth-order valence-corrected chi connectivity index (χ4v) is 3.17. The summed E-state index contributed by atoms with van der Waals surface area (Å²) in [5.41, 5.74) is 3.79. The van der Waals surface area contributed by atoms with Gasteiger partial charge in [-0.05, 0) is 62.8 Å². The largest absolute Gasteiger partial charge is 0.492 e. The molecule has 0 atom stereocenters. The van der Waals surface area contributed by atoms with Crippen LogP contribution in [0.5, 0.6) is 11.5 Å². The average Bonchev–Trinajstić information content (AvgIpc) is 2.89. The van der Waals surface area contributed by atoms with Crippen LogP contribution >= 0.6 is 0 Å². The highest BCUT2D eigenvalue weighted by molar-refractivity contribution is 5.41. The smallest absolute Gasteiger partial charge is 0.123 e. The first-order valence-electron chi connectivity index (χ1n) is 9.29. The van der Waals surface area contributed by atoms with Gasteiger partial charge in [0.15, 0.2) is 0 Å². The molecule has 1 N–H and O–H groups in total. The number of nitrogens with one attached hydrogen (secondary N) is 1. The van der Waals surface area contributed by atoms with E-state index in [2.05, 4.69) is 54.4 Å². The second-order valence-corrected chi connectivity index (χ2v) is 7.88. The van der Waals surface area contributed by atoms with Crippen LogP contribution in [-0.2, 0) is 19.5 Å². The van der Waals surface area contributed by atoms with Gasteiger partial charge in [-0.25, -0.2) is 0 Å². The Hall–Kier alpha value is -2.04. The molecule has 0 bridgehead atoms. The van der Waals surface area contributed by atoms with Crippen LogP contribution in [0.1, 0.15) is 30.5 Å². The first-order valence-corrected chi connectivity index (χ1v) is 9.29. The third-order valence-electron chi connectivity index (χ3n) is 4.52. The number of hydrogen-bond donors (Lipinski definition) is 1. The Kier molecular flexibility index (Phi) is 5.84. The van der Waals surface area contributed by atoms with Crippen molar-refractivity contribution < 1.29 is 9.47 Å². The summed E-state index contributed by atoms with van der Waals surface area (Å²) >= 11 is 0. The summed E-state index contributed by atoms with van der Waals surface area (Å²) in [5.74, 6) is 1.96. The average molecular weight is 354 g/mol. The zero-order valence-electron chi connectivity index (χ0n) is 16.3. The van der Waals surface area contributed by atoms with E-state index in [9.17, 15) is 0 Å². The van der Waals surface area contributed by atoms with Gasteiger partial charge in [0.05, 0.1) is 0 Å². The molecule has 0 aliphatic carbocycles. The van der Waals surface area contributed by atoms with Gasteiger partial charge in [0.1, 0.15) is 23.7 Å². The fraction of sp³-hybridized carbons (Fsp3) is 0.455. The van der Waals surface area contributed by atoms with Gasteiger partial charge >= 0.3 is 0 Å². The highest BCUT2D eigenvalue weighted by Crippen LogP contribution is 2.35. The fourth-order valence-electron chi connectivity index (χ4n) is 3.17. The lowest BCUT2D eigenvalue weighted by molar-refractivity contribution is 0.138. The van der Waals surface area contributed by atoms with Crippen molar-refractivity contribution >= 4 is 0 Å². The molecule has 2 aromatic carbocycles. The minimum absolute atomic E-state index is 0.0786. The number of nitrogens with zero attached hydrogens (tertiary/aromatic N) is 1. The predicted octanol–water partition coefficient (Wildman–Crippen LogP) is 3.63. The Bertz CT molecular complexity index is 723. The molecule has 4 heteroatoms. The molecular weight excluding hydrogens is 324 g/mol. The van der Waals surface area contributed by atoms with E-state index < -0.39 is 0 Å². The maximum atomic E-state index is 5.94.